The molecule has 1 aromatic carbocycles. The molecule has 0 aliphatic rings. The van der Waals surface area contributed by atoms with Crippen LogP contribution in [0.4, 0.5) is 0 Å². The minimum Gasteiger partial charge on any atom is -0.380 e. The topological polar surface area (TPSA) is 21.3 Å². The number of benzene rings is 1. The van der Waals surface area contributed by atoms with Gasteiger partial charge in [-0.3, -0.25) is 0 Å². The van der Waals surface area contributed by atoms with E-state index in [-0.39, 0.29) is 0 Å². The first-order valence-corrected chi connectivity index (χ1v) is 7.27. The van der Waals surface area contributed by atoms with Crippen molar-refractivity contribution < 1.29 is 4.74 Å². The van der Waals surface area contributed by atoms with E-state index in [1.807, 2.05) is 18.7 Å². The second-order valence-electron chi connectivity index (χ2n) is 3.25. The lowest BCUT2D eigenvalue weighted by Crippen LogP contribution is -2.22. The van der Waals surface area contributed by atoms with Crippen molar-refractivity contribution in [2.45, 2.75) is 11.8 Å². The van der Waals surface area contributed by atoms with Gasteiger partial charge in [0, 0.05) is 34.8 Å². The van der Waals surface area contributed by atoms with Crippen LogP contribution in [-0.4, -0.2) is 32.1 Å². The van der Waals surface area contributed by atoms with Crippen LogP contribution in [0.5, 0.6) is 0 Å². The lowest BCUT2D eigenvalue weighted by atomic mass is 10.4. The lowest BCUT2D eigenvalue weighted by Gasteiger charge is -2.04. The Labute approximate surface area is 110 Å². The van der Waals surface area contributed by atoms with Crippen LogP contribution in [0.1, 0.15) is 6.92 Å². The predicted octanol–water partition coefficient (Wildman–Crippen LogP) is 3.17. The molecular weight excluding hydrogens is 286 g/mol. The average molecular weight is 304 g/mol. The molecule has 0 spiro atoms. The van der Waals surface area contributed by atoms with Gasteiger partial charge in [0.1, 0.15) is 0 Å². The summed E-state index contributed by atoms with van der Waals surface area (Å²) < 4.78 is 6.37. The first kappa shape index (κ1) is 14.0. The minimum absolute atomic E-state index is 0.801. The Kier molecular flexibility index (Phi) is 7.93. The monoisotopic (exact) mass is 303 g/mol. The number of nitrogens with one attached hydrogen (secondary N) is 1. The molecule has 16 heavy (non-hydrogen) atoms. The lowest BCUT2D eigenvalue weighted by molar-refractivity contribution is 0.150. The number of halogens is 1. The molecule has 0 fully saturated rings. The molecule has 0 bridgehead atoms. The van der Waals surface area contributed by atoms with Gasteiger partial charge in [-0.25, -0.2) is 0 Å². The second kappa shape index (κ2) is 9.05. The molecule has 4 heteroatoms. The molecule has 0 aliphatic heterocycles. The second-order valence-corrected chi connectivity index (χ2v) is 5.33. The molecular formula is C12H18BrNOS. The highest BCUT2D eigenvalue weighted by atomic mass is 79.9. The van der Waals surface area contributed by atoms with E-state index in [2.05, 4.69) is 45.5 Å². The Balaban J connectivity index is 2.01. The molecule has 0 amide bonds. The highest BCUT2D eigenvalue weighted by Crippen LogP contribution is 2.19. The van der Waals surface area contributed by atoms with Crippen LogP contribution in [0.25, 0.3) is 0 Å². The zero-order valence-electron chi connectivity index (χ0n) is 9.54. The van der Waals surface area contributed by atoms with Crippen LogP contribution in [0.2, 0.25) is 0 Å². The van der Waals surface area contributed by atoms with Gasteiger partial charge in [0.05, 0.1) is 6.61 Å². The van der Waals surface area contributed by atoms with Crippen LogP contribution in [0.15, 0.2) is 33.6 Å². The van der Waals surface area contributed by atoms with Gasteiger partial charge < -0.3 is 10.1 Å². The Morgan fingerprint density at radius 1 is 1.25 bits per heavy atom. The Hall–Kier alpha value is -0.0300. The maximum absolute atomic E-state index is 5.24. The summed E-state index contributed by atoms with van der Waals surface area (Å²) in [7, 11) is 0. The molecule has 0 unspecified atom stereocenters. The van der Waals surface area contributed by atoms with E-state index >= 15 is 0 Å². The first-order valence-electron chi connectivity index (χ1n) is 5.49. The summed E-state index contributed by atoms with van der Waals surface area (Å²) in [4.78, 5) is 1.31. The average Bonchev–Trinajstić information content (AvgIpc) is 2.30. The highest BCUT2D eigenvalue weighted by molar-refractivity contribution is 9.10. The Morgan fingerprint density at radius 3 is 2.69 bits per heavy atom. The standard InChI is InChI=1S/C12H18BrNOS/c1-2-15-9-7-14-8-10-16-12-5-3-11(13)4-6-12/h3-6,14H,2,7-10H2,1H3. The fourth-order valence-corrected chi connectivity index (χ4v) is 2.26. The number of ether oxygens (including phenoxy) is 1. The summed E-state index contributed by atoms with van der Waals surface area (Å²) in [5, 5.41) is 3.35. The molecule has 0 aliphatic carbocycles. The largest absolute Gasteiger partial charge is 0.380 e. The molecule has 0 atom stereocenters. The molecule has 0 saturated carbocycles. The van der Waals surface area contributed by atoms with Crippen molar-refractivity contribution in [2.75, 3.05) is 32.1 Å². The molecule has 0 heterocycles. The Morgan fingerprint density at radius 2 is 2.00 bits per heavy atom. The SMILES string of the molecule is CCOCCNCCSc1ccc(Br)cc1. The molecule has 2 nitrogen and oxygen atoms in total. The fraction of sp³-hybridized carbons (Fsp3) is 0.500. The molecule has 0 radical (unpaired) electrons. The highest BCUT2D eigenvalue weighted by Gasteiger charge is 1.94. The molecule has 0 aromatic heterocycles. The van der Waals surface area contributed by atoms with E-state index in [0.717, 1.165) is 36.5 Å². The molecule has 1 aromatic rings. The summed E-state index contributed by atoms with van der Waals surface area (Å²) in [6.45, 7) is 5.58. The van der Waals surface area contributed by atoms with E-state index in [9.17, 15) is 0 Å². The van der Waals surface area contributed by atoms with Crippen LogP contribution < -0.4 is 5.32 Å². The number of rotatable bonds is 8. The third-order valence-electron chi connectivity index (χ3n) is 1.99. The number of hydrogen-bond donors (Lipinski definition) is 1. The van der Waals surface area contributed by atoms with E-state index in [4.69, 9.17) is 4.74 Å². The van der Waals surface area contributed by atoms with Crippen LogP contribution >= 0.6 is 27.7 Å². The van der Waals surface area contributed by atoms with Gasteiger partial charge in [0.15, 0.2) is 0 Å². The van der Waals surface area contributed by atoms with Gasteiger partial charge in [-0.05, 0) is 31.2 Å². The zero-order valence-corrected chi connectivity index (χ0v) is 11.9. The van der Waals surface area contributed by atoms with Gasteiger partial charge in [-0.1, -0.05) is 15.9 Å². The van der Waals surface area contributed by atoms with E-state index in [0.29, 0.717) is 0 Å². The smallest absolute Gasteiger partial charge is 0.0590 e. The quantitative estimate of drug-likeness (QED) is 0.589. The fourth-order valence-electron chi connectivity index (χ4n) is 1.19. The normalized spacial score (nSPS) is 10.6. The van der Waals surface area contributed by atoms with Crippen LogP contribution in [0, 0.1) is 0 Å². The molecule has 90 valence electrons. The molecule has 0 saturated heterocycles. The predicted molar refractivity (Wildman–Crippen MR) is 74.2 cm³/mol. The van der Waals surface area contributed by atoms with Crippen molar-refractivity contribution in [2.24, 2.45) is 0 Å². The summed E-state index contributed by atoms with van der Waals surface area (Å²) >= 11 is 5.30. The van der Waals surface area contributed by atoms with Crippen molar-refractivity contribution in [3.63, 3.8) is 0 Å². The Bertz CT molecular complexity index is 279. The van der Waals surface area contributed by atoms with E-state index < -0.39 is 0 Å². The maximum atomic E-state index is 5.24. The number of thioether (sulfide) groups is 1. The van der Waals surface area contributed by atoms with E-state index in [1.54, 1.807) is 0 Å². The van der Waals surface area contributed by atoms with Crippen molar-refractivity contribution in [1.29, 1.82) is 0 Å². The summed E-state index contributed by atoms with van der Waals surface area (Å²) in [5.74, 6) is 1.09. The first-order chi connectivity index (χ1) is 7.83. The van der Waals surface area contributed by atoms with Crippen LogP contribution in [0.3, 0.4) is 0 Å². The number of hydrogen-bond acceptors (Lipinski definition) is 3. The summed E-state index contributed by atoms with van der Waals surface area (Å²) in [6.07, 6.45) is 0. The molecule has 1 N–H and O–H groups in total. The van der Waals surface area contributed by atoms with Crippen molar-refractivity contribution in [1.82, 2.24) is 5.32 Å². The van der Waals surface area contributed by atoms with Gasteiger partial charge in [0.25, 0.3) is 0 Å². The maximum Gasteiger partial charge on any atom is 0.0590 e. The van der Waals surface area contributed by atoms with Gasteiger partial charge in [-0.2, -0.15) is 0 Å². The third-order valence-corrected chi connectivity index (χ3v) is 3.53. The minimum atomic E-state index is 0.801. The van der Waals surface area contributed by atoms with Crippen molar-refractivity contribution >= 4 is 27.7 Å². The van der Waals surface area contributed by atoms with Crippen molar-refractivity contribution in [3.8, 4) is 0 Å². The van der Waals surface area contributed by atoms with Crippen LogP contribution in [-0.2, 0) is 4.74 Å². The van der Waals surface area contributed by atoms with Crippen molar-refractivity contribution in [3.05, 3.63) is 28.7 Å². The summed E-state index contributed by atoms with van der Waals surface area (Å²) in [5.41, 5.74) is 0. The summed E-state index contributed by atoms with van der Waals surface area (Å²) in [6, 6.07) is 8.42. The van der Waals surface area contributed by atoms with E-state index in [1.165, 1.54) is 4.90 Å². The molecule has 1 rings (SSSR count). The van der Waals surface area contributed by atoms with Gasteiger partial charge in [0.2, 0.25) is 0 Å². The van der Waals surface area contributed by atoms with Gasteiger partial charge in [-0.15, -0.1) is 11.8 Å². The van der Waals surface area contributed by atoms with Gasteiger partial charge >= 0.3 is 0 Å². The third kappa shape index (κ3) is 6.53. The zero-order chi connectivity index (χ0) is 11.6.